The second kappa shape index (κ2) is 7.26. The Bertz CT molecular complexity index is 122. The van der Waals surface area contributed by atoms with Crippen LogP contribution in [0, 0.1) is 0 Å². The summed E-state index contributed by atoms with van der Waals surface area (Å²) in [4.78, 5) is 0. The molecule has 1 atom stereocenters. The molecule has 0 bridgehead atoms. The van der Waals surface area contributed by atoms with Crippen LogP contribution in [0.2, 0.25) is 0 Å². The molecule has 0 spiro atoms. The molecule has 80 valence electrons. The molecule has 0 heterocycles. The third-order valence-corrected chi connectivity index (χ3v) is 2.05. The van der Waals surface area contributed by atoms with Gasteiger partial charge in [-0.05, 0) is 26.3 Å². The lowest BCUT2D eigenvalue weighted by molar-refractivity contribution is 0.122. The Kier molecular flexibility index (Phi) is 7.17. The van der Waals surface area contributed by atoms with Crippen LogP contribution in [0.25, 0.3) is 0 Å². The summed E-state index contributed by atoms with van der Waals surface area (Å²) in [6.07, 6.45) is 1.80. The summed E-state index contributed by atoms with van der Waals surface area (Å²) in [5.74, 6) is 0. The van der Waals surface area contributed by atoms with E-state index < -0.39 is 0 Å². The van der Waals surface area contributed by atoms with Crippen LogP contribution in [-0.4, -0.2) is 44.1 Å². The van der Waals surface area contributed by atoms with Crippen molar-refractivity contribution in [1.82, 2.24) is 5.32 Å². The van der Waals surface area contributed by atoms with Crippen LogP contribution in [-0.2, 0) is 4.74 Å². The van der Waals surface area contributed by atoms with Gasteiger partial charge in [0, 0.05) is 20.3 Å². The molecule has 0 aromatic carbocycles. The minimum atomic E-state index is -0.135. The highest BCUT2D eigenvalue weighted by atomic mass is 16.5. The zero-order valence-corrected chi connectivity index (χ0v) is 8.68. The second-order valence-corrected chi connectivity index (χ2v) is 3.56. The Morgan fingerprint density at radius 3 is 2.62 bits per heavy atom. The van der Waals surface area contributed by atoms with E-state index in [9.17, 15) is 0 Å². The first-order chi connectivity index (χ1) is 6.18. The predicted octanol–water partition coefficient (Wildman–Crippen LogP) is -0.288. The van der Waals surface area contributed by atoms with Gasteiger partial charge < -0.3 is 20.9 Å². The highest BCUT2D eigenvalue weighted by Crippen LogP contribution is 2.01. The van der Waals surface area contributed by atoms with Crippen LogP contribution in [0.5, 0.6) is 0 Å². The molecule has 0 saturated carbocycles. The zero-order chi connectivity index (χ0) is 10.2. The van der Waals surface area contributed by atoms with Crippen LogP contribution in [0.3, 0.4) is 0 Å². The lowest BCUT2D eigenvalue weighted by Gasteiger charge is -2.28. The number of unbranched alkanes of at least 4 members (excludes halogenated alkanes) is 1. The maximum absolute atomic E-state index is 8.58. The molecule has 0 radical (unpaired) electrons. The number of ether oxygens (including phenoxy) is 1. The van der Waals surface area contributed by atoms with Gasteiger partial charge in [-0.25, -0.2) is 0 Å². The minimum Gasteiger partial charge on any atom is -0.396 e. The van der Waals surface area contributed by atoms with Gasteiger partial charge in [0.2, 0.25) is 0 Å². The molecular weight excluding hydrogens is 168 g/mol. The van der Waals surface area contributed by atoms with E-state index in [0.717, 1.165) is 19.4 Å². The van der Waals surface area contributed by atoms with Crippen molar-refractivity contribution in [1.29, 1.82) is 0 Å². The Hall–Kier alpha value is -0.160. The molecule has 4 heteroatoms. The molecule has 4 N–H and O–H groups in total. The van der Waals surface area contributed by atoms with Crippen molar-refractivity contribution in [2.75, 3.05) is 33.4 Å². The smallest absolute Gasteiger partial charge is 0.0654 e. The largest absolute Gasteiger partial charge is 0.396 e. The van der Waals surface area contributed by atoms with E-state index in [-0.39, 0.29) is 12.1 Å². The van der Waals surface area contributed by atoms with Crippen molar-refractivity contribution < 1.29 is 9.84 Å². The quantitative estimate of drug-likeness (QED) is 0.460. The Morgan fingerprint density at radius 2 is 2.15 bits per heavy atom. The van der Waals surface area contributed by atoms with Crippen LogP contribution in [0.1, 0.15) is 19.8 Å². The van der Waals surface area contributed by atoms with E-state index in [2.05, 4.69) is 5.32 Å². The van der Waals surface area contributed by atoms with Crippen LogP contribution in [0.4, 0.5) is 0 Å². The fourth-order valence-electron chi connectivity index (χ4n) is 1.13. The summed E-state index contributed by atoms with van der Waals surface area (Å²) in [5, 5.41) is 11.9. The third kappa shape index (κ3) is 5.99. The van der Waals surface area contributed by atoms with Crippen LogP contribution < -0.4 is 11.1 Å². The molecule has 0 amide bonds. The molecule has 0 aliphatic carbocycles. The monoisotopic (exact) mass is 190 g/mol. The van der Waals surface area contributed by atoms with Gasteiger partial charge in [-0.2, -0.15) is 0 Å². The molecular formula is C9H22N2O2. The number of nitrogens with two attached hydrogens (primary N) is 1. The lowest BCUT2D eigenvalue weighted by Crippen LogP contribution is -2.52. The minimum absolute atomic E-state index is 0.135. The first kappa shape index (κ1) is 12.8. The van der Waals surface area contributed by atoms with Gasteiger partial charge in [0.05, 0.1) is 12.1 Å². The number of aliphatic hydroxyl groups is 1. The van der Waals surface area contributed by atoms with E-state index in [4.69, 9.17) is 15.6 Å². The van der Waals surface area contributed by atoms with Crippen molar-refractivity contribution in [2.24, 2.45) is 5.73 Å². The fraction of sp³-hybridized carbons (Fsp3) is 1.00. The number of aliphatic hydroxyl groups excluding tert-OH is 1. The van der Waals surface area contributed by atoms with Crippen molar-refractivity contribution in [3.05, 3.63) is 0 Å². The van der Waals surface area contributed by atoms with E-state index in [1.54, 1.807) is 7.11 Å². The molecule has 0 saturated heterocycles. The van der Waals surface area contributed by atoms with E-state index in [1.807, 2.05) is 6.92 Å². The summed E-state index contributed by atoms with van der Waals surface area (Å²) in [6, 6.07) is 0. The van der Waals surface area contributed by atoms with Gasteiger partial charge in [-0.15, -0.1) is 0 Å². The van der Waals surface area contributed by atoms with Gasteiger partial charge in [0.1, 0.15) is 0 Å². The summed E-state index contributed by atoms with van der Waals surface area (Å²) in [7, 11) is 1.67. The van der Waals surface area contributed by atoms with Crippen molar-refractivity contribution in [3.63, 3.8) is 0 Å². The number of rotatable bonds is 8. The third-order valence-electron chi connectivity index (χ3n) is 2.05. The number of methoxy groups -OCH3 is 1. The molecule has 1 unspecified atom stereocenters. The van der Waals surface area contributed by atoms with E-state index in [1.165, 1.54) is 0 Å². The van der Waals surface area contributed by atoms with Gasteiger partial charge in [0.25, 0.3) is 0 Å². The Labute approximate surface area is 80.5 Å². The van der Waals surface area contributed by atoms with Gasteiger partial charge in [0.15, 0.2) is 0 Å². The Balaban J connectivity index is 3.57. The first-order valence-corrected chi connectivity index (χ1v) is 4.73. The molecule has 0 fully saturated rings. The zero-order valence-electron chi connectivity index (χ0n) is 8.68. The molecule has 0 aliphatic rings. The lowest BCUT2D eigenvalue weighted by atomic mass is 10.0. The molecule has 13 heavy (non-hydrogen) atoms. The van der Waals surface area contributed by atoms with Crippen LogP contribution in [0.15, 0.2) is 0 Å². The van der Waals surface area contributed by atoms with E-state index >= 15 is 0 Å². The summed E-state index contributed by atoms with van der Waals surface area (Å²) in [6.45, 7) is 4.33. The Morgan fingerprint density at radius 1 is 1.46 bits per heavy atom. The van der Waals surface area contributed by atoms with Gasteiger partial charge in [-0.3, -0.25) is 0 Å². The SMILES string of the molecule is COCC(C)(CN)NCCCCO. The second-order valence-electron chi connectivity index (χ2n) is 3.56. The van der Waals surface area contributed by atoms with Crippen molar-refractivity contribution in [2.45, 2.75) is 25.3 Å². The van der Waals surface area contributed by atoms with Crippen LogP contribution >= 0.6 is 0 Å². The van der Waals surface area contributed by atoms with Crippen molar-refractivity contribution in [3.8, 4) is 0 Å². The highest BCUT2D eigenvalue weighted by molar-refractivity contribution is 4.83. The predicted molar refractivity (Wildman–Crippen MR) is 53.7 cm³/mol. The standard InChI is InChI=1S/C9H22N2O2/c1-9(7-10,8-13-2)11-5-3-4-6-12/h11-12H,3-8,10H2,1-2H3. The molecule has 0 rings (SSSR count). The average Bonchev–Trinajstić information content (AvgIpc) is 2.13. The summed E-state index contributed by atoms with van der Waals surface area (Å²) < 4.78 is 5.06. The number of hydrogen-bond donors (Lipinski definition) is 3. The first-order valence-electron chi connectivity index (χ1n) is 4.73. The molecule has 0 aromatic rings. The normalized spacial score (nSPS) is 15.7. The number of nitrogens with one attached hydrogen (secondary N) is 1. The molecule has 4 nitrogen and oxygen atoms in total. The van der Waals surface area contributed by atoms with Gasteiger partial charge >= 0.3 is 0 Å². The molecule has 0 aliphatic heterocycles. The highest BCUT2D eigenvalue weighted by Gasteiger charge is 2.20. The molecule has 0 aromatic heterocycles. The summed E-state index contributed by atoms with van der Waals surface area (Å²) >= 11 is 0. The maximum Gasteiger partial charge on any atom is 0.0654 e. The average molecular weight is 190 g/mol. The maximum atomic E-state index is 8.58. The topological polar surface area (TPSA) is 67.5 Å². The van der Waals surface area contributed by atoms with Crippen molar-refractivity contribution >= 4 is 0 Å². The fourth-order valence-corrected chi connectivity index (χ4v) is 1.13. The summed E-state index contributed by atoms with van der Waals surface area (Å²) in [5.41, 5.74) is 5.48. The van der Waals surface area contributed by atoms with E-state index in [0.29, 0.717) is 13.2 Å². The number of hydrogen-bond acceptors (Lipinski definition) is 4. The van der Waals surface area contributed by atoms with Gasteiger partial charge in [-0.1, -0.05) is 0 Å².